The first-order chi connectivity index (χ1) is 25.1. The molecule has 1 aromatic rings. The van der Waals surface area contributed by atoms with Crippen LogP contribution in [-0.2, 0) is 19.0 Å². The minimum absolute atomic E-state index is 0.182. The Kier molecular flexibility index (Phi) is 15.7. The molecule has 3 fully saturated rings. The van der Waals surface area contributed by atoms with Gasteiger partial charge < -0.3 is 40.0 Å². The first-order valence-corrected chi connectivity index (χ1v) is 20.1. The summed E-state index contributed by atoms with van der Waals surface area (Å²) in [6.45, 7) is 19.3. The molecule has 2 aliphatic carbocycles. The molecule has 0 aromatic carbocycles. The number of hydrogen-bond donors (Lipinski definition) is 2. The van der Waals surface area contributed by atoms with Crippen LogP contribution in [0.2, 0.25) is 0 Å². The fraction of sp³-hybridized carbons (Fsp3) is 0.821. The number of anilines is 3. The van der Waals surface area contributed by atoms with E-state index in [0.29, 0.717) is 62.8 Å². The number of nitrogens with two attached hydrogens (primary N) is 1. The Bertz CT molecular complexity index is 1310. The molecule has 0 radical (unpaired) electrons. The number of ether oxygens (including phenoxy) is 3. The highest BCUT2D eigenvalue weighted by Crippen LogP contribution is 2.31. The predicted molar refractivity (Wildman–Crippen MR) is 208 cm³/mol. The van der Waals surface area contributed by atoms with Crippen LogP contribution in [0.3, 0.4) is 0 Å². The van der Waals surface area contributed by atoms with Gasteiger partial charge in [-0.3, -0.25) is 9.69 Å². The maximum absolute atomic E-state index is 13.4. The molecule has 2 amide bonds. The van der Waals surface area contributed by atoms with E-state index in [-0.39, 0.29) is 24.2 Å². The van der Waals surface area contributed by atoms with E-state index in [2.05, 4.69) is 20.1 Å². The highest BCUT2D eigenvalue weighted by atomic mass is 16.6. The van der Waals surface area contributed by atoms with Crippen LogP contribution in [0.5, 0.6) is 0 Å². The molecular formula is C39H68N8O6. The Balaban J connectivity index is 1.27. The van der Waals surface area contributed by atoms with Crippen LogP contribution < -0.4 is 16.0 Å². The van der Waals surface area contributed by atoms with E-state index in [1.165, 1.54) is 6.42 Å². The van der Waals surface area contributed by atoms with Crippen LogP contribution in [-0.4, -0.2) is 126 Å². The van der Waals surface area contributed by atoms with Gasteiger partial charge in [-0.2, -0.15) is 9.97 Å². The van der Waals surface area contributed by atoms with Crippen LogP contribution in [0.15, 0.2) is 6.07 Å². The largest absolute Gasteiger partial charge is 0.465 e. The summed E-state index contributed by atoms with van der Waals surface area (Å²) in [6.07, 6.45) is 9.65. The summed E-state index contributed by atoms with van der Waals surface area (Å²) >= 11 is 0. The van der Waals surface area contributed by atoms with Crippen molar-refractivity contribution in [2.24, 2.45) is 11.8 Å². The lowest BCUT2D eigenvalue weighted by Crippen LogP contribution is -2.48. The van der Waals surface area contributed by atoms with E-state index in [1.54, 1.807) is 6.07 Å². The van der Waals surface area contributed by atoms with E-state index < -0.39 is 11.2 Å². The molecule has 4 rings (SSSR count). The van der Waals surface area contributed by atoms with Gasteiger partial charge in [0.15, 0.2) is 0 Å². The Morgan fingerprint density at radius 1 is 0.849 bits per heavy atom. The van der Waals surface area contributed by atoms with Gasteiger partial charge in [0.2, 0.25) is 5.95 Å². The second-order valence-electron chi connectivity index (χ2n) is 17.1. The molecule has 1 aliphatic heterocycles. The van der Waals surface area contributed by atoms with Gasteiger partial charge in [-0.05, 0) is 105 Å². The quantitative estimate of drug-likeness (QED) is 0.166. The van der Waals surface area contributed by atoms with Crippen molar-refractivity contribution >= 4 is 35.7 Å². The lowest BCUT2D eigenvalue weighted by molar-refractivity contribution is -0.144. The minimum atomic E-state index is -0.593. The van der Waals surface area contributed by atoms with Crippen molar-refractivity contribution in [1.29, 1.82) is 0 Å². The van der Waals surface area contributed by atoms with Gasteiger partial charge >= 0.3 is 18.2 Å². The SMILES string of the molecule is CCOC(=O)CN1CCN(c2cc(N)nc(NCC3CCC(CN(CCCN(C(=O)OC(C)(C)C)C4CCCCC4)C(=O)OC(C)(C)C)CC3)n2)CC1. The maximum atomic E-state index is 13.4. The number of piperazine rings is 1. The van der Waals surface area contributed by atoms with E-state index in [9.17, 15) is 14.4 Å². The smallest absolute Gasteiger partial charge is 0.410 e. The van der Waals surface area contributed by atoms with Gasteiger partial charge in [-0.25, -0.2) is 9.59 Å². The molecule has 3 aliphatic rings. The summed E-state index contributed by atoms with van der Waals surface area (Å²) in [6, 6.07) is 1.99. The first kappa shape index (κ1) is 42.2. The number of nitrogens with one attached hydrogen (secondary N) is 1. The van der Waals surface area contributed by atoms with Crippen molar-refractivity contribution in [1.82, 2.24) is 24.7 Å². The summed E-state index contributed by atoms with van der Waals surface area (Å²) in [7, 11) is 0. The number of carbonyl (C=O) groups is 3. The number of carbonyl (C=O) groups excluding carboxylic acids is 3. The number of esters is 1. The minimum Gasteiger partial charge on any atom is -0.465 e. The van der Waals surface area contributed by atoms with Gasteiger partial charge in [-0.1, -0.05) is 19.3 Å². The predicted octanol–water partition coefficient (Wildman–Crippen LogP) is 6.16. The molecule has 1 aromatic heterocycles. The van der Waals surface area contributed by atoms with Gasteiger partial charge in [-0.15, -0.1) is 0 Å². The summed E-state index contributed by atoms with van der Waals surface area (Å²) < 4.78 is 16.8. The zero-order valence-electron chi connectivity index (χ0n) is 33.7. The zero-order valence-corrected chi connectivity index (χ0v) is 33.7. The lowest BCUT2D eigenvalue weighted by Gasteiger charge is -2.37. The monoisotopic (exact) mass is 745 g/mol. The maximum Gasteiger partial charge on any atom is 0.410 e. The molecular weight excluding hydrogens is 676 g/mol. The van der Waals surface area contributed by atoms with Crippen molar-refractivity contribution in [3.8, 4) is 0 Å². The molecule has 3 N–H and O–H groups in total. The van der Waals surface area contributed by atoms with E-state index in [0.717, 1.165) is 89.9 Å². The zero-order chi connectivity index (χ0) is 38.6. The normalized spacial score (nSPS) is 20.4. The topological polar surface area (TPSA) is 156 Å². The van der Waals surface area contributed by atoms with Crippen LogP contribution in [0.25, 0.3) is 0 Å². The third-order valence-corrected chi connectivity index (χ3v) is 10.2. The van der Waals surface area contributed by atoms with Crippen LogP contribution >= 0.6 is 0 Å². The second-order valence-corrected chi connectivity index (χ2v) is 17.1. The molecule has 300 valence electrons. The Morgan fingerprint density at radius 3 is 2.09 bits per heavy atom. The van der Waals surface area contributed by atoms with E-state index >= 15 is 0 Å². The number of aromatic nitrogens is 2. The molecule has 2 saturated carbocycles. The van der Waals surface area contributed by atoms with Gasteiger partial charge in [0.1, 0.15) is 22.8 Å². The van der Waals surface area contributed by atoms with Gasteiger partial charge in [0.05, 0.1) is 13.2 Å². The molecule has 2 heterocycles. The highest BCUT2D eigenvalue weighted by Gasteiger charge is 2.31. The highest BCUT2D eigenvalue weighted by molar-refractivity contribution is 5.71. The number of hydrogen-bond acceptors (Lipinski definition) is 12. The van der Waals surface area contributed by atoms with Crippen LogP contribution in [0.1, 0.15) is 113 Å². The molecule has 14 heteroatoms. The van der Waals surface area contributed by atoms with Crippen molar-refractivity contribution < 1.29 is 28.6 Å². The third kappa shape index (κ3) is 14.7. The second kappa shape index (κ2) is 19.7. The summed E-state index contributed by atoms with van der Waals surface area (Å²) in [4.78, 5) is 55.9. The van der Waals surface area contributed by atoms with Crippen LogP contribution in [0, 0.1) is 11.8 Å². The van der Waals surface area contributed by atoms with Crippen molar-refractivity contribution in [2.75, 3.05) is 81.5 Å². The summed E-state index contributed by atoms with van der Waals surface area (Å²) in [5.41, 5.74) is 5.05. The molecule has 0 unspecified atom stereocenters. The summed E-state index contributed by atoms with van der Waals surface area (Å²) in [5, 5.41) is 3.44. The average Bonchev–Trinajstić information content (AvgIpc) is 3.08. The number of rotatable bonds is 14. The van der Waals surface area contributed by atoms with Gasteiger partial charge in [0, 0.05) is 64.5 Å². The van der Waals surface area contributed by atoms with Gasteiger partial charge in [0.25, 0.3) is 0 Å². The van der Waals surface area contributed by atoms with E-state index in [4.69, 9.17) is 24.9 Å². The summed E-state index contributed by atoms with van der Waals surface area (Å²) in [5.74, 6) is 2.37. The van der Waals surface area contributed by atoms with E-state index in [1.807, 2.05) is 58.3 Å². The standard InChI is InChI=1S/C39H68N8O6/c1-8-51-34(48)28-44-21-23-45(24-22-44)33-25-32(40)42-35(43-33)41-26-29-15-17-30(18-16-29)27-46(36(49)52-38(2,3)4)19-12-20-47(31-13-10-9-11-14-31)37(50)53-39(5,6)7/h25,29-31H,8-24,26-28H2,1-7H3,(H3,40,41,42,43). The van der Waals surface area contributed by atoms with Crippen molar-refractivity contribution in [2.45, 2.75) is 130 Å². The third-order valence-electron chi connectivity index (χ3n) is 10.2. The van der Waals surface area contributed by atoms with Crippen molar-refractivity contribution in [3.63, 3.8) is 0 Å². The number of nitrogen functional groups attached to an aromatic ring is 1. The fourth-order valence-corrected chi connectivity index (χ4v) is 7.54. The number of nitrogens with zero attached hydrogens (tertiary/aromatic N) is 6. The molecule has 0 spiro atoms. The Hall–Kier alpha value is -3.55. The lowest BCUT2D eigenvalue weighted by atomic mass is 9.81. The Morgan fingerprint density at radius 2 is 1.47 bits per heavy atom. The first-order valence-electron chi connectivity index (χ1n) is 20.1. The fourth-order valence-electron chi connectivity index (χ4n) is 7.54. The van der Waals surface area contributed by atoms with Crippen molar-refractivity contribution in [3.05, 3.63) is 6.07 Å². The molecule has 53 heavy (non-hydrogen) atoms. The molecule has 14 nitrogen and oxygen atoms in total. The average molecular weight is 745 g/mol. The molecule has 0 atom stereocenters. The van der Waals surface area contributed by atoms with Crippen LogP contribution in [0.4, 0.5) is 27.2 Å². The number of amides is 2. The molecule has 1 saturated heterocycles. The molecule has 0 bridgehead atoms. The Labute approximate surface area is 317 Å².